The van der Waals surface area contributed by atoms with E-state index < -0.39 is 0 Å². The largest absolute Gasteiger partial charge is 0.331 e. The van der Waals surface area contributed by atoms with Crippen molar-refractivity contribution in [2.45, 2.75) is 13.3 Å². The molecule has 1 aromatic rings. The van der Waals surface area contributed by atoms with Crippen LogP contribution in [0.25, 0.3) is 0 Å². The summed E-state index contributed by atoms with van der Waals surface area (Å²) in [7, 11) is 0. The molecule has 7 heteroatoms. The molecule has 0 spiro atoms. The molecule has 0 heterocycles. The lowest BCUT2D eigenvalue weighted by molar-refractivity contribution is -0.119. The number of carbonyl (C=O) groups is 1. The van der Waals surface area contributed by atoms with Crippen LogP contribution < -0.4 is 21.5 Å². The summed E-state index contributed by atoms with van der Waals surface area (Å²) in [5.41, 5.74) is 6.15. The fourth-order valence-corrected chi connectivity index (χ4v) is 1.38. The summed E-state index contributed by atoms with van der Waals surface area (Å²) >= 11 is 9.93. The standard InChI is InChI=1S/C11H14N4OS2/c1-2-9(16)13-11(18)15-14-10(17)12-8-6-4-3-5-7-8/h3-7H,2H2,1H3,(H2,12,14,17)(H2,13,15,16,18). The molecule has 4 N–H and O–H groups in total. The lowest BCUT2D eigenvalue weighted by Gasteiger charge is -2.13. The van der Waals surface area contributed by atoms with E-state index in [0.29, 0.717) is 11.5 Å². The average Bonchev–Trinajstić information content (AvgIpc) is 2.37. The van der Waals surface area contributed by atoms with Crippen molar-refractivity contribution < 1.29 is 4.79 Å². The van der Waals surface area contributed by atoms with Crippen LogP contribution in [0.15, 0.2) is 30.3 Å². The van der Waals surface area contributed by atoms with E-state index in [0.717, 1.165) is 5.69 Å². The maximum atomic E-state index is 11.0. The molecule has 0 aliphatic carbocycles. The van der Waals surface area contributed by atoms with Crippen LogP contribution in [-0.2, 0) is 4.79 Å². The lowest BCUT2D eigenvalue weighted by Crippen LogP contribution is -2.49. The fourth-order valence-electron chi connectivity index (χ4n) is 1.04. The van der Waals surface area contributed by atoms with Gasteiger partial charge in [-0.1, -0.05) is 25.1 Å². The molecule has 96 valence electrons. The Bertz CT molecular complexity index is 436. The third-order valence-electron chi connectivity index (χ3n) is 1.90. The molecular formula is C11H14N4OS2. The Morgan fingerprint density at radius 2 is 1.72 bits per heavy atom. The van der Waals surface area contributed by atoms with Crippen molar-refractivity contribution in [1.29, 1.82) is 0 Å². The summed E-state index contributed by atoms with van der Waals surface area (Å²) in [6, 6.07) is 9.46. The SMILES string of the molecule is CCC(=O)NC(=S)NNC(=S)Nc1ccccc1. The number of thiocarbonyl (C=S) groups is 2. The van der Waals surface area contributed by atoms with Gasteiger partial charge in [0.25, 0.3) is 0 Å². The van der Waals surface area contributed by atoms with Gasteiger partial charge in [-0.2, -0.15) is 0 Å². The lowest BCUT2D eigenvalue weighted by atomic mass is 10.3. The van der Waals surface area contributed by atoms with E-state index >= 15 is 0 Å². The molecule has 0 bridgehead atoms. The Kier molecular flexibility index (Phi) is 6.03. The molecule has 1 amide bonds. The van der Waals surface area contributed by atoms with Crippen LogP contribution in [-0.4, -0.2) is 16.1 Å². The van der Waals surface area contributed by atoms with Gasteiger partial charge in [-0.15, -0.1) is 0 Å². The van der Waals surface area contributed by atoms with Crippen LogP contribution in [0.1, 0.15) is 13.3 Å². The number of benzene rings is 1. The Labute approximate surface area is 116 Å². The van der Waals surface area contributed by atoms with Crippen LogP contribution in [0.4, 0.5) is 5.69 Å². The van der Waals surface area contributed by atoms with Gasteiger partial charge in [0.05, 0.1) is 0 Å². The molecular weight excluding hydrogens is 268 g/mol. The highest BCUT2D eigenvalue weighted by molar-refractivity contribution is 7.80. The van der Waals surface area contributed by atoms with Crippen LogP contribution in [0.2, 0.25) is 0 Å². The predicted octanol–water partition coefficient (Wildman–Crippen LogP) is 1.29. The minimum absolute atomic E-state index is 0.156. The zero-order valence-corrected chi connectivity index (χ0v) is 11.5. The number of hydrogen-bond acceptors (Lipinski definition) is 3. The summed E-state index contributed by atoms with van der Waals surface area (Å²) in [4.78, 5) is 11.0. The molecule has 5 nitrogen and oxygen atoms in total. The van der Waals surface area contributed by atoms with Crippen molar-refractivity contribution in [3.63, 3.8) is 0 Å². The van der Waals surface area contributed by atoms with Gasteiger partial charge in [-0.25, -0.2) is 0 Å². The first-order chi connectivity index (χ1) is 8.61. The van der Waals surface area contributed by atoms with E-state index in [1.165, 1.54) is 0 Å². The Balaban J connectivity index is 2.29. The minimum atomic E-state index is -0.156. The zero-order chi connectivity index (χ0) is 13.4. The van der Waals surface area contributed by atoms with Crippen molar-refractivity contribution in [1.82, 2.24) is 16.2 Å². The Morgan fingerprint density at radius 3 is 2.33 bits per heavy atom. The van der Waals surface area contributed by atoms with E-state index in [-0.39, 0.29) is 11.0 Å². The highest BCUT2D eigenvalue weighted by Gasteiger charge is 2.01. The molecule has 0 aliphatic heterocycles. The number of para-hydroxylation sites is 1. The van der Waals surface area contributed by atoms with Gasteiger partial charge in [-0.05, 0) is 36.6 Å². The second-order valence-corrected chi connectivity index (χ2v) is 4.12. The van der Waals surface area contributed by atoms with Crippen molar-refractivity contribution in [3.05, 3.63) is 30.3 Å². The number of nitrogens with one attached hydrogen (secondary N) is 4. The zero-order valence-electron chi connectivity index (χ0n) is 9.82. The Hall–Kier alpha value is -1.73. The number of anilines is 1. The molecule has 1 rings (SSSR count). The second-order valence-electron chi connectivity index (χ2n) is 3.30. The van der Waals surface area contributed by atoms with Crippen LogP contribution in [0, 0.1) is 0 Å². The van der Waals surface area contributed by atoms with E-state index in [2.05, 4.69) is 21.5 Å². The Morgan fingerprint density at radius 1 is 1.11 bits per heavy atom. The maximum Gasteiger partial charge on any atom is 0.225 e. The third kappa shape index (κ3) is 5.55. The molecule has 0 radical (unpaired) electrons. The maximum absolute atomic E-state index is 11.0. The first kappa shape index (κ1) is 14.3. The molecule has 0 aliphatic rings. The average molecular weight is 282 g/mol. The first-order valence-corrected chi connectivity index (χ1v) is 6.15. The molecule has 0 atom stereocenters. The molecule has 0 unspecified atom stereocenters. The second kappa shape index (κ2) is 7.57. The number of hydrazine groups is 1. The van der Waals surface area contributed by atoms with Crippen molar-refractivity contribution >= 4 is 46.3 Å². The number of amides is 1. The van der Waals surface area contributed by atoms with Crippen LogP contribution in [0.3, 0.4) is 0 Å². The number of rotatable bonds is 2. The van der Waals surface area contributed by atoms with Gasteiger partial charge in [0.15, 0.2) is 10.2 Å². The predicted molar refractivity (Wildman–Crippen MR) is 80.0 cm³/mol. The van der Waals surface area contributed by atoms with Gasteiger partial charge in [-0.3, -0.25) is 15.6 Å². The minimum Gasteiger partial charge on any atom is -0.331 e. The molecule has 0 aromatic heterocycles. The van der Waals surface area contributed by atoms with Crippen molar-refractivity contribution in [2.24, 2.45) is 0 Å². The normalized spacial score (nSPS) is 9.17. The smallest absolute Gasteiger partial charge is 0.225 e. The molecule has 0 fully saturated rings. The van der Waals surface area contributed by atoms with Crippen LogP contribution >= 0.6 is 24.4 Å². The number of hydrogen-bond donors (Lipinski definition) is 4. The highest BCUT2D eigenvalue weighted by Crippen LogP contribution is 2.03. The summed E-state index contributed by atoms with van der Waals surface area (Å²) in [6.45, 7) is 1.74. The molecule has 0 saturated carbocycles. The summed E-state index contributed by atoms with van der Waals surface area (Å²) in [5, 5.41) is 5.97. The van der Waals surface area contributed by atoms with E-state index in [9.17, 15) is 4.79 Å². The van der Waals surface area contributed by atoms with Gasteiger partial charge in [0, 0.05) is 12.1 Å². The topological polar surface area (TPSA) is 65.2 Å². The van der Waals surface area contributed by atoms with Crippen molar-refractivity contribution in [3.8, 4) is 0 Å². The summed E-state index contributed by atoms with van der Waals surface area (Å²) < 4.78 is 0. The third-order valence-corrected chi connectivity index (χ3v) is 2.30. The summed E-state index contributed by atoms with van der Waals surface area (Å²) in [6.07, 6.45) is 0.370. The number of carbonyl (C=O) groups excluding carboxylic acids is 1. The van der Waals surface area contributed by atoms with Crippen LogP contribution in [0.5, 0.6) is 0 Å². The molecule has 18 heavy (non-hydrogen) atoms. The van der Waals surface area contributed by atoms with Gasteiger partial charge in [0.2, 0.25) is 5.91 Å². The molecule has 0 saturated heterocycles. The van der Waals surface area contributed by atoms with Gasteiger partial charge >= 0.3 is 0 Å². The van der Waals surface area contributed by atoms with Crippen molar-refractivity contribution in [2.75, 3.05) is 5.32 Å². The molecule has 1 aromatic carbocycles. The summed E-state index contributed by atoms with van der Waals surface area (Å²) in [5.74, 6) is -0.156. The van der Waals surface area contributed by atoms with E-state index in [4.69, 9.17) is 24.4 Å². The monoisotopic (exact) mass is 282 g/mol. The first-order valence-electron chi connectivity index (χ1n) is 5.33. The van der Waals surface area contributed by atoms with Gasteiger partial charge in [0.1, 0.15) is 0 Å². The quantitative estimate of drug-likeness (QED) is 0.484. The highest BCUT2D eigenvalue weighted by atomic mass is 32.1. The van der Waals surface area contributed by atoms with E-state index in [1.807, 2.05) is 30.3 Å². The van der Waals surface area contributed by atoms with Gasteiger partial charge < -0.3 is 10.6 Å². The fraction of sp³-hybridized carbons (Fsp3) is 0.182. The van der Waals surface area contributed by atoms with E-state index in [1.54, 1.807) is 6.92 Å².